The van der Waals surface area contributed by atoms with E-state index in [-0.39, 0.29) is 6.35 Å². The number of rotatable bonds is 7. The van der Waals surface area contributed by atoms with E-state index in [1.165, 1.54) is 7.11 Å². The van der Waals surface area contributed by atoms with Crippen molar-refractivity contribution in [1.82, 2.24) is 4.90 Å². The lowest BCUT2D eigenvalue weighted by Gasteiger charge is -2.25. The first-order chi connectivity index (χ1) is 8.92. The monoisotopic (exact) mass is 367 g/mol. The summed E-state index contributed by atoms with van der Waals surface area (Å²) in [6, 6.07) is 1.98. The summed E-state index contributed by atoms with van der Waals surface area (Å²) in [4.78, 5) is 2.84. The van der Waals surface area contributed by atoms with Gasteiger partial charge < -0.3 is 14.2 Å². The van der Waals surface area contributed by atoms with Gasteiger partial charge in [-0.05, 0) is 35.0 Å². The minimum atomic E-state index is -2.99. The summed E-state index contributed by atoms with van der Waals surface area (Å²) in [5, 5.41) is 1.99. The van der Waals surface area contributed by atoms with E-state index in [1.807, 2.05) is 43.4 Å². The predicted octanol–water partition coefficient (Wildman–Crippen LogP) is 4.29. The molecule has 1 unspecified atom stereocenters. The second kappa shape index (κ2) is 7.60. The smallest absolute Gasteiger partial charge is 0.272 e. The van der Waals surface area contributed by atoms with Crippen molar-refractivity contribution in [2.45, 2.75) is 6.92 Å². The van der Waals surface area contributed by atoms with Crippen molar-refractivity contribution >= 4 is 40.7 Å². The van der Waals surface area contributed by atoms with Crippen LogP contribution in [0, 0.1) is 0 Å². The molecule has 0 radical (unpaired) electrons. The molecule has 0 aromatic carbocycles. The predicted molar refractivity (Wildman–Crippen MR) is 84.8 cm³/mol. The molecule has 0 bridgehead atoms. The molecule has 0 spiro atoms. The maximum atomic E-state index is 12.9. The zero-order valence-corrected chi connectivity index (χ0v) is 14.8. The van der Waals surface area contributed by atoms with E-state index in [4.69, 9.17) is 9.26 Å². The van der Waals surface area contributed by atoms with Crippen molar-refractivity contribution < 1.29 is 13.8 Å². The Morgan fingerprint density at radius 3 is 2.68 bits per heavy atom. The molecular weight excluding hydrogens is 349 g/mol. The molecule has 0 saturated carbocycles. The van der Waals surface area contributed by atoms with Gasteiger partial charge in [-0.1, -0.05) is 0 Å². The normalized spacial score (nSPS) is 15.3. The highest BCUT2D eigenvalue weighted by molar-refractivity contribution is 9.10. The number of thiophene rings is 1. The summed E-state index contributed by atoms with van der Waals surface area (Å²) in [5.41, 5.74) is 0.658. The highest BCUT2D eigenvalue weighted by Gasteiger charge is 2.30. The topological polar surface area (TPSA) is 38.8 Å². The van der Waals surface area contributed by atoms with E-state index in [0.717, 1.165) is 9.35 Å². The van der Waals surface area contributed by atoms with Crippen LogP contribution in [0.3, 0.4) is 0 Å². The van der Waals surface area contributed by atoms with Crippen LogP contribution < -0.4 is 0 Å². The molecule has 0 saturated heterocycles. The number of methoxy groups -OCH3 is 1. The van der Waals surface area contributed by atoms with Crippen molar-refractivity contribution in [1.29, 1.82) is 0 Å². The lowest BCUT2D eigenvalue weighted by atomic mass is 10.4. The lowest BCUT2D eigenvalue weighted by Crippen LogP contribution is -2.15. The average Bonchev–Trinajstić information content (AvgIpc) is 2.72. The highest BCUT2D eigenvalue weighted by Crippen LogP contribution is 2.56. The third kappa shape index (κ3) is 4.72. The van der Waals surface area contributed by atoms with Gasteiger partial charge in [-0.3, -0.25) is 4.57 Å². The molecular formula is C12H19BrNO3PS. The van der Waals surface area contributed by atoms with Gasteiger partial charge in [-0.25, -0.2) is 0 Å². The Kier molecular flexibility index (Phi) is 6.77. The molecule has 0 fully saturated rings. The zero-order valence-electron chi connectivity index (χ0n) is 11.6. The fourth-order valence-corrected chi connectivity index (χ4v) is 5.11. The Bertz CT molecular complexity index is 477. The van der Waals surface area contributed by atoms with Crippen molar-refractivity contribution in [3.8, 4) is 0 Å². The first-order valence-corrected chi connectivity index (χ1v) is 9.27. The van der Waals surface area contributed by atoms with E-state index in [1.54, 1.807) is 11.3 Å². The number of ether oxygens (including phenoxy) is 1. The van der Waals surface area contributed by atoms with Crippen LogP contribution in [-0.4, -0.2) is 39.1 Å². The van der Waals surface area contributed by atoms with E-state index < -0.39 is 7.37 Å². The van der Waals surface area contributed by atoms with E-state index >= 15 is 0 Å². The number of nitrogens with zero attached hydrogens (tertiary/aromatic N) is 1. The number of halogens is 1. The van der Waals surface area contributed by atoms with Crippen molar-refractivity contribution in [2.24, 2.45) is 0 Å². The van der Waals surface area contributed by atoms with Gasteiger partial charge in [-0.2, -0.15) is 0 Å². The quantitative estimate of drug-likeness (QED) is 0.673. The maximum Gasteiger partial charge on any atom is 0.272 e. The second-order valence-corrected chi connectivity index (χ2v) is 8.25. The molecule has 0 aliphatic heterocycles. The summed E-state index contributed by atoms with van der Waals surface area (Å²) in [5.74, 6) is 0. The van der Waals surface area contributed by atoms with Crippen LogP contribution in [0.2, 0.25) is 0 Å². The van der Waals surface area contributed by atoms with Crippen molar-refractivity contribution in [3.63, 3.8) is 0 Å². The van der Waals surface area contributed by atoms with Gasteiger partial charge in [0.05, 0.1) is 6.61 Å². The average molecular weight is 368 g/mol. The SMILES string of the molecule is CCOP(=O)(COC)C(=Cc1cc(Br)cs1)N(C)C. The minimum absolute atomic E-state index is 0.0808. The van der Waals surface area contributed by atoms with Gasteiger partial charge in [0.25, 0.3) is 7.37 Å². The number of hydrogen-bond donors (Lipinski definition) is 0. The van der Waals surface area contributed by atoms with Crippen LogP contribution in [0.5, 0.6) is 0 Å². The third-order valence-electron chi connectivity index (χ3n) is 2.30. The molecule has 1 heterocycles. The second-order valence-electron chi connectivity index (χ2n) is 4.07. The third-order valence-corrected chi connectivity index (χ3v) is 6.44. The Balaban J connectivity index is 3.17. The van der Waals surface area contributed by atoms with E-state index in [0.29, 0.717) is 12.0 Å². The molecule has 1 rings (SSSR count). The fraction of sp³-hybridized carbons (Fsp3) is 0.500. The fourth-order valence-electron chi connectivity index (χ4n) is 1.61. The van der Waals surface area contributed by atoms with Crippen LogP contribution in [0.15, 0.2) is 21.4 Å². The Morgan fingerprint density at radius 1 is 1.58 bits per heavy atom. The highest BCUT2D eigenvalue weighted by atomic mass is 79.9. The van der Waals surface area contributed by atoms with E-state index in [9.17, 15) is 4.57 Å². The first kappa shape index (κ1) is 16.9. The number of hydrogen-bond acceptors (Lipinski definition) is 5. The molecule has 19 heavy (non-hydrogen) atoms. The van der Waals surface area contributed by atoms with Crippen LogP contribution in [0.4, 0.5) is 0 Å². The van der Waals surface area contributed by atoms with Gasteiger partial charge in [0.2, 0.25) is 0 Å². The summed E-state index contributed by atoms with van der Waals surface area (Å²) in [6.07, 6.45) is 1.97. The van der Waals surface area contributed by atoms with Crippen LogP contribution in [0.25, 0.3) is 6.08 Å². The molecule has 1 aromatic heterocycles. The standard InChI is InChI=1S/C12H19BrNO3PS/c1-5-17-18(15,9-16-4)12(14(2)3)7-11-6-10(13)8-19-11/h6-8H,5,9H2,1-4H3. The molecule has 1 aromatic rings. The summed E-state index contributed by atoms with van der Waals surface area (Å²) < 4.78 is 24.5. The Hall–Kier alpha value is -0.130. The lowest BCUT2D eigenvalue weighted by molar-refractivity contribution is 0.222. The van der Waals surface area contributed by atoms with Crippen LogP contribution in [-0.2, 0) is 13.8 Å². The molecule has 0 aliphatic rings. The van der Waals surface area contributed by atoms with Gasteiger partial charge in [0, 0.05) is 35.9 Å². The van der Waals surface area contributed by atoms with Gasteiger partial charge in [0.15, 0.2) is 0 Å². The largest absolute Gasteiger partial charge is 0.374 e. The van der Waals surface area contributed by atoms with Crippen LogP contribution >= 0.6 is 34.6 Å². The minimum Gasteiger partial charge on any atom is -0.374 e. The summed E-state index contributed by atoms with van der Waals surface area (Å²) in [7, 11) is 2.26. The van der Waals surface area contributed by atoms with Crippen molar-refractivity contribution in [3.05, 3.63) is 26.2 Å². The van der Waals surface area contributed by atoms with Crippen LogP contribution in [0.1, 0.15) is 11.8 Å². The zero-order chi connectivity index (χ0) is 14.5. The Labute approximate surface area is 127 Å². The molecule has 0 amide bonds. The molecule has 4 nitrogen and oxygen atoms in total. The molecule has 108 valence electrons. The Morgan fingerprint density at radius 2 is 2.26 bits per heavy atom. The van der Waals surface area contributed by atoms with Crippen molar-refractivity contribution in [2.75, 3.05) is 34.2 Å². The van der Waals surface area contributed by atoms with Gasteiger partial charge in [0.1, 0.15) is 11.8 Å². The molecule has 7 heteroatoms. The molecule has 0 N–H and O–H groups in total. The van der Waals surface area contributed by atoms with Gasteiger partial charge in [-0.15, -0.1) is 11.3 Å². The maximum absolute atomic E-state index is 12.9. The summed E-state index contributed by atoms with van der Waals surface area (Å²) >= 11 is 4.99. The molecule has 1 atom stereocenters. The van der Waals surface area contributed by atoms with E-state index in [2.05, 4.69) is 15.9 Å². The summed E-state index contributed by atoms with van der Waals surface area (Å²) in [6.45, 7) is 2.22. The first-order valence-electron chi connectivity index (χ1n) is 5.79. The molecule has 0 aliphatic carbocycles. The van der Waals surface area contributed by atoms with Gasteiger partial charge >= 0.3 is 0 Å².